The summed E-state index contributed by atoms with van der Waals surface area (Å²) in [5.41, 5.74) is 1.34. The maximum atomic E-state index is 4.21. The number of hydrogen-bond acceptors (Lipinski definition) is 3. The molecule has 15 heavy (non-hydrogen) atoms. The van der Waals surface area contributed by atoms with Crippen LogP contribution in [0.3, 0.4) is 0 Å². The van der Waals surface area contributed by atoms with Crippen LogP contribution in [0.5, 0.6) is 0 Å². The summed E-state index contributed by atoms with van der Waals surface area (Å²) in [5, 5.41) is 11.7. The maximum absolute atomic E-state index is 4.21. The Kier molecular flexibility index (Phi) is 2.44. The molecule has 0 amide bonds. The number of nitrogens with one attached hydrogen (secondary N) is 1. The lowest BCUT2D eigenvalue weighted by Gasteiger charge is -2.22. The van der Waals surface area contributed by atoms with Gasteiger partial charge in [0.25, 0.3) is 0 Å². The van der Waals surface area contributed by atoms with Gasteiger partial charge < -0.3 is 5.32 Å². The molecular formula is C11H18N4. The number of nitrogens with zero attached hydrogens (tertiary/aromatic N) is 3. The lowest BCUT2D eigenvalue weighted by molar-refractivity contribution is 0.422. The summed E-state index contributed by atoms with van der Waals surface area (Å²) in [6, 6.07) is 0. The largest absolute Gasteiger partial charge is 0.316 e. The van der Waals surface area contributed by atoms with E-state index < -0.39 is 0 Å². The molecule has 1 saturated carbocycles. The molecule has 1 aliphatic carbocycles. The van der Waals surface area contributed by atoms with Gasteiger partial charge in [-0.1, -0.05) is 5.21 Å². The predicted octanol–water partition coefficient (Wildman–Crippen LogP) is 1.16. The van der Waals surface area contributed by atoms with Crippen LogP contribution in [-0.2, 0) is 6.54 Å². The summed E-state index contributed by atoms with van der Waals surface area (Å²) >= 11 is 0. The number of piperidine rings is 1. The molecule has 0 bridgehead atoms. The molecule has 2 heterocycles. The normalized spacial score (nSPS) is 26.8. The van der Waals surface area contributed by atoms with Crippen LogP contribution >= 0.6 is 0 Å². The minimum atomic E-state index is 0.632. The molecule has 4 heteroatoms. The van der Waals surface area contributed by atoms with Gasteiger partial charge in [-0.05, 0) is 38.1 Å². The van der Waals surface area contributed by atoms with Gasteiger partial charge in [0.2, 0.25) is 0 Å². The topological polar surface area (TPSA) is 42.7 Å². The Morgan fingerprint density at radius 1 is 1.40 bits per heavy atom. The van der Waals surface area contributed by atoms with Crippen LogP contribution in [0.4, 0.5) is 0 Å². The lowest BCUT2D eigenvalue weighted by atomic mass is 9.96. The van der Waals surface area contributed by atoms with Gasteiger partial charge in [0, 0.05) is 19.0 Å². The Hall–Kier alpha value is -0.900. The van der Waals surface area contributed by atoms with Gasteiger partial charge in [0.05, 0.1) is 11.9 Å². The molecule has 2 aliphatic rings. The molecule has 1 aromatic heterocycles. The van der Waals surface area contributed by atoms with Crippen LogP contribution in [0.2, 0.25) is 0 Å². The van der Waals surface area contributed by atoms with Crippen LogP contribution in [0.15, 0.2) is 6.20 Å². The van der Waals surface area contributed by atoms with E-state index in [1.165, 1.54) is 37.9 Å². The van der Waals surface area contributed by atoms with Gasteiger partial charge in [-0.15, -0.1) is 5.10 Å². The molecule has 82 valence electrons. The number of rotatable bonds is 3. The third kappa shape index (κ3) is 2.04. The van der Waals surface area contributed by atoms with Crippen molar-refractivity contribution in [3.63, 3.8) is 0 Å². The molecule has 3 rings (SSSR count). The smallest absolute Gasteiger partial charge is 0.0728 e. The highest BCUT2D eigenvalue weighted by atomic mass is 15.4. The first-order valence-corrected chi connectivity index (χ1v) is 6.02. The molecule has 0 aromatic carbocycles. The lowest BCUT2D eigenvalue weighted by Crippen LogP contribution is -2.29. The summed E-state index contributed by atoms with van der Waals surface area (Å²) in [6.45, 7) is 3.35. The molecule has 1 saturated heterocycles. The van der Waals surface area contributed by atoms with Gasteiger partial charge in [-0.3, -0.25) is 0 Å². The Balaban J connectivity index is 1.73. The average molecular weight is 206 g/mol. The zero-order valence-electron chi connectivity index (χ0n) is 9.02. The fourth-order valence-electron chi connectivity index (χ4n) is 2.37. The van der Waals surface area contributed by atoms with Gasteiger partial charge in [-0.25, -0.2) is 4.68 Å². The van der Waals surface area contributed by atoms with E-state index in [4.69, 9.17) is 0 Å². The van der Waals surface area contributed by atoms with Crippen molar-refractivity contribution >= 4 is 0 Å². The van der Waals surface area contributed by atoms with Crippen molar-refractivity contribution in [1.82, 2.24) is 20.3 Å². The zero-order valence-corrected chi connectivity index (χ0v) is 9.02. The van der Waals surface area contributed by atoms with Crippen molar-refractivity contribution in [2.75, 3.05) is 13.1 Å². The van der Waals surface area contributed by atoms with E-state index in [1.807, 2.05) is 6.20 Å². The van der Waals surface area contributed by atoms with Crippen molar-refractivity contribution in [3.05, 3.63) is 11.9 Å². The predicted molar refractivity (Wildman–Crippen MR) is 57.6 cm³/mol. The summed E-state index contributed by atoms with van der Waals surface area (Å²) < 4.78 is 2.13. The second-order valence-electron chi connectivity index (χ2n) is 4.83. The molecule has 1 N–H and O–H groups in total. The van der Waals surface area contributed by atoms with Gasteiger partial charge in [-0.2, -0.15) is 0 Å². The van der Waals surface area contributed by atoms with Crippen molar-refractivity contribution < 1.29 is 0 Å². The van der Waals surface area contributed by atoms with Crippen molar-refractivity contribution in [2.24, 2.45) is 5.92 Å². The molecule has 0 radical (unpaired) electrons. The highest BCUT2D eigenvalue weighted by Gasteiger charge is 2.25. The van der Waals surface area contributed by atoms with Gasteiger partial charge in [0.15, 0.2) is 0 Å². The monoisotopic (exact) mass is 206 g/mol. The molecular weight excluding hydrogens is 188 g/mol. The highest BCUT2D eigenvalue weighted by Crippen LogP contribution is 2.32. The SMILES string of the molecule is c1nnn(CC2CC2)c1C1CCCNC1. The van der Waals surface area contributed by atoms with Crippen LogP contribution < -0.4 is 5.32 Å². The maximum Gasteiger partial charge on any atom is 0.0728 e. The second-order valence-corrected chi connectivity index (χ2v) is 4.83. The van der Waals surface area contributed by atoms with Crippen LogP contribution in [0.1, 0.15) is 37.3 Å². The van der Waals surface area contributed by atoms with Gasteiger partial charge in [0.1, 0.15) is 0 Å². The Bertz CT molecular complexity index is 323. The zero-order chi connectivity index (χ0) is 10.1. The summed E-state index contributed by atoms with van der Waals surface area (Å²) in [7, 11) is 0. The van der Waals surface area contributed by atoms with E-state index >= 15 is 0 Å². The van der Waals surface area contributed by atoms with E-state index in [2.05, 4.69) is 20.3 Å². The molecule has 1 atom stereocenters. The summed E-state index contributed by atoms with van der Waals surface area (Å²) in [6.07, 6.45) is 7.27. The quantitative estimate of drug-likeness (QED) is 0.807. The first kappa shape index (κ1) is 9.33. The average Bonchev–Trinajstić information content (AvgIpc) is 2.96. The third-order valence-corrected chi connectivity index (χ3v) is 3.49. The highest BCUT2D eigenvalue weighted by molar-refractivity contribution is 5.06. The number of aromatic nitrogens is 3. The first-order chi connectivity index (χ1) is 7.43. The van der Waals surface area contributed by atoms with Crippen molar-refractivity contribution in [3.8, 4) is 0 Å². The molecule has 0 spiro atoms. The fraction of sp³-hybridized carbons (Fsp3) is 0.818. The third-order valence-electron chi connectivity index (χ3n) is 3.49. The van der Waals surface area contributed by atoms with Crippen LogP contribution in [0, 0.1) is 5.92 Å². The minimum absolute atomic E-state index is 0.632. The Morgan fingerprint density at radius 2 is 2.33 bits per heavy atom. The Labute approximate surface area is 90.0 Å². The molecule has 1 aromatic rings. The van der Waals surface area contributed by atoms with E-state index in [-0.39, 0.29) is 0 Å². The molecule has 1 unspecified atom stereocenters. The fourth-order valence-corrected chi connectivity index (χ4v) is 2.37. The van der Waals surface area contributed by atoms with Crippen LogP contribution in [0.25, 0.3) is 0 Å². The van der Waals surface area contributed by atoms with E-state index in [9.17, 15) is 0 Å². The van der Waals surface area contributed by atoms with E-state index in [0.717, 1.165) is 19.0 Å². The molecule has 4 nitrogen and oxygen atoms in total. The van der Waals surface area contributed by atoms with E-state index in [0.29, 0.717) is 5.92 Å². The summed E-state index contributed by atoms with van der Waals surface area (Å²) in [5.74, 6) is 1.51. The van der Waals surface area contributed by atoms with E-state index in [1.54, 1.807) is 0 Å². The van der Waals surface area contributed by atoms with Gasteiger partial charge >= 0.3 is 0 Å². The van der Waals surface area contributed by atoms with Crippen LogP contribution in [-0.4, -0.2) is 28.1 Å². The standard InChI is InChI=1S/C11H18N4/c1-2-10(6-12-5-1)11-7-13-14-15(11)8-9-3-4-9/h7,9-10,12H,1-6,8H2. The number of hydrogen-bond donors (Lipinski definition) is 1. The molecule has 1 aliphatic heterocycles. The summed E-state index contributed by atoms with van der Waals surface area (Å²) in [4.78, 5) is 0. The van der Waals surface area contributed by atoms with Crippen molar-refractivity contribution in [2.45, 2.75) is 38.1 Å². The molecule has 2 fully saturated rings. The Morgan fingerprint density at radius 3 is 3.07 bits per heavy atom. The first-order valence-electron chi connectivity index (χ1n) is 6.02. The second kappa shape index (κ2) is 3.93. The minimum Gasteiger partial charge on any atom is -0.316 e. The van der Waals surface area contributed by atoms with Crippen molar-refractivity contribution in [1.29, 1.82) is 0 Å².